The molecule has 1 aromatic carbocycles. The van der Waals surface area contributed by atoms with Crippen molar-refractivity contribution in [1.82, 2.24) is 15.2 Å². The maximum absolute atomic E-state index is 5.26. The summed E-state index contributed by atoms with van der Waals surface area (Å²) in [6.45, 7) is 6.94. The highest BCUT2D eigenvalue weighted by atomic mass is 16.5. The number of nitrogens with one attached hydrogen (secondary N) is 2. The number of nitrogens with zero attached hydrogens (tertiary/aromatic N) is 2. The van der Waals surface area contributed by atoms with Crippen molar-refractivity contribution in [1.29, 1.82) is 0 Å². The molecule has 108 valence electrons. The van der Waals surface area contributed by atoms with Crippen molar-refractivity contribution < 1.29 is 4.74 Å². The van der Waals surface area contributed by atoms with Crippen LogP contribution in [0.3, 0.4) is 0 Å². The first kappa shape index (κ1) is 14.5. The van der Waals surface area contributed by atoms with Gasteiger partial charge in [0.05, 0.1) is 12.6 Å². The van der Waals surface area contributed by atoms with Crippen LogP contribution in [-0.2, 0) is 4.74 Å². The number of aryl methyl sites for hydroxylation is 1. The molecule has 20 heavy (non-hydrogen) atoms. The lowest BCUT2D eigenvalue weighted by molar-refractivity contribution is 0.171. The highest BCUT2D eigenvalue weighted by Gasteiger charge is 2.13. The Hall–Kier alpha value is -1.88. The Kier molecular flexibility index (Phi) is 4.74. The Balaban J connectivity index is 2.17. The van der Waals surface area contributed by atoms with Gasteiger partial charge in [0.15, 0.2) is 5.82 Å². The Bertz CT molecular complexity index is 550. The van der Waals surface area contributed by atoms with Crippen molar-refractivity contribution in [2.75, 3.05) is 19.0 Å². The van der Waals surface area contributed by atoms with E-state index < -0.39 is 0 Å². The molecule has 1 atom stereocenters. The smallest absolute Gasteiger partial charge is 0.181 e. The number of hydrogen-bond acceptors (Lipinski definition) is 4. The normalized spacial score (nSPS) is 12.7. The lowest BCUT2D eigenvalue weighted by Gasteiger charge is -2.22. The van der Waals surface area contributed by atoms with Gasteiger partial charge in [-0.2, -0.15) is 5.10 Å². The van der Waals surface area contributed by atoms with Gasteiger partial charge in [0.1, 0.15) is 5.82 Å². The summed E-state index contributed by atoms with van der Waals surface area (Å²) in [6, 6.07) is 8.41. The number of rotatable bonds is 6. The molecule has 5 nitrogen and oxygen atoms in total. The molecule has 0 bridgehead atoms. The van der Waals surface area contributed by atoms with Gasteiger partial charge in [0.25, 0.3) is 0 Å². The van der Waals surface area contributed by atoms with Crippen molar-refractivity contribution in [3.63, 3.8) is 0 Å². The molecule has 0 aliphatic rings. The minimum absolute atomic E-state index is 0.282. The van der Waals surface area contributed by atoms with Crippen LogP contribution < -0.4 is 5.32 Å². The minimum atomic E-state index is 0.282. The van der Waals surface area contributed by atoms with Crippen LogP contribution in [0.2, 0.25) is 0 Å². The van der Waals surface area contributed by atoms with Crippen LogP contribution in [-0.4, -0.2) is 34.9 Å². The third-order valence-electron chi connectivity index (χ3n) is 3.22. The summed E-state index contributed by atoms with van der Waals surface area (Å²) in [4.78, 5) is 4.35. The number of H-pyrrole nitrogens is 1. The van der Waals surface area contributed by atoms with E-state index in [2.05, 4.69) is 40.4 Å². The van der Waals surface area contributed by atoms with E-state index in [1.807, 2.05) is 25.1 Å². The third-order valence-corrected chi connectivity index (χ3v) is 3.22. The molecule has 0 amide bonds. The molecule has 2 rings (SSSR count). The number of methoxy groups -OCH3 is 1. The van der Waals surface area contributed by atoms with Crippen molar-refractivity contribution in [2.45, 2.75) is 26.8 Å². The zero-order valence-electron chi connectivity index (χ0n) is 12.5. The second-order valence-corrected chi connectivity index (χ2v) is 5.28. The molecule has 0 saturated heterocycles. The Morgan fingerprint density at radius 3 is 2.75 bits per heavy atom. The Labute approximate surface area is 119 Å². The largest absolute Gasteiger partial charge is 0.383 e. The fraction of sp³-hybridized carbons (Fsp3) is 0.467. The molecule has 5 heteroatoms. The van der Waals surface area contributed by atoms with Crippen LogP contribution in [0.25, 0.3) is 11.4 Å². The number of aromatic amines is 1. The monoisotopic (exact) mass is 274 g/mol. The van der Waals surface area contributed by atoms with Gasteiger partial charge in [-0.1, -0.05) is 26.0 Å². The van der Waals surface area contributed by atoms with Gasteiger partial charge in [0.2, 0.25) is 0 Å². The zero-order valence-corrected chi connectivity index (χ0v) is 12.5. The lowest BCUT2D eigenvalue weighted by atomic mass is 10.0. The molecule has 1 unspecified atom stereocenters. The van der Waals surface area contributed by atoms with Crippen LogP contribution in [0.1, 0.15) is 19.7 Å². The molecule has 0 radical (unpaired) electrons. The average molecular weight is 274 g/mol. The summed E-state index contributed by atoms with van der Waals surface area (Å²) in [6.07, 6.45) is 0. The van der Waals surface area contributed by atoms with E-state index in [0.717, 1.165) is 22.9 Å². The quantitative estimate of drug-likeness (QED) is 0.850. The standard InChI is InChI=1S/C15H22N4O/c1-10(2)14(9-20-4)17-13-7-5-6-12(8-13)15-16-11(3)18-19-15/h5-8,10,14,17H,9H2,1-4H3,(H,16,18,19). The molecule has 0 aliphatic heterocycles. The van der Waals surface area contributed by atoms with Gasteiger partial charge in [-0.05, 0) is 25.0 Å². The van der Waals surface area contributed by atoms with Gasteiger partial charge in [-0.25, -0.2) is 4.98 Å². The highest BCUT2D eigenvalue weighted by molar-refractivity contribution is 5.62. The predicted octanol–water partition coefficient (Wildman–Crippen LogP) is 2.86. The fourth-order valence-corrected chi connectivity index (χ4v) is 2.01. The van der Waals surface area contributed by atoms with Gasteiger partial charge < -0.3 is 10.1 Å². The second kappa shape index (κ2) is 6.52. The number of benzene rings is 1. The first-order chi connectivity index (χ1) is 9.60. The van der Waals surface area contributed by atoms with E-state index in [9.17, 15) is 0 Å². The van der Waals surface area contributed by atoms with E-state index in [1.54, 1.807) is 7.11 Å². The Morgan fingerprint density at radius 2 is 2.15 bits per heavy atom. The number of hydrogen-bond donors (Lipinski definition) is 2. The maximum Gasteiger partial charge on any atom is 0.181 e. The summed E-state index contributed by atoms with van der Waals surface area (Å²) in [5, 5.41) is 10.6. The maximum atomic E-state index is 5.26. The fourth-order valence-electron chi connectivity index (χ4n) is 2.01. The molecule has 2 N–H and O–H groups in total. The molecule has 2 aromatic rings. The first-order valence-corrected chi connectivity index (χ1v) is 6.85. The highest BCUT2D eigenvalue weighted by Crippen LogP contribution is 2.21. The summed E-state index contributed by atoms with van der Waals surface area (Å²) < 4.78 is 5.26. The Morgan fingerprint density at radius 1 is 1.35 bits per heavy atom. The molecule has 0 fully saturated rings. The van der Waals surface area contributed by atoms with E-state index in [4.69, 9.17) is 4.74 Å². The summed E-state index contributed by atoms with van der Waals surface area (Å²) in [5.74, 6) is 2.03. The van der Waals surface area contributed by atoms with E-state index in [0.29, 0.717) is 12.5 Å². The van der Waals surface area contributed by atoms with Gasteiger partial charge in [-0.3, -0.25) is 5.10 Å². The minimum Gasteiger partial charge on any atom is -0.383 e. The van der Waals surface area contributed by atoms with Crippen molar-refractivity contribution in [3.05, 3.63) is 30.1 Å². The summed E-state index contributed by atoms with van der Waals surface area (Å²) in [5.41, 5.74) is 2.06. The van der Waals surface area contributed by atoms with Gasteiger partial charge in [0, 0.05) is 18.4 Å². The summed E-state index contributed by atoms with van der Waals surface area (Å²) in [7, 11) is 1.73. The van der Waals surface area contributed by atoms with E-state index >= 15 is 0 Å². The summed E-state index contributed by atoms with van der Waals surface area (Å²) >= 11 is 0. The van der Waals surface area contributed by atoms with Crippen molar-refractivity contribution in [3.8, 4) is 11.4 Å². The topological polar surface area (TPSA) is 62.8 Å². The molecule has 0 aliphatic carbocycles. The first-order valence-electron chi connectivity index (χ1n) is 6.85. The van der Waals surface area contributed by atoms with Gasteiger partial charge >= 0.3 is 0 Å². The third kappa shape index (κ3) is 3.57. The number of anilines is 1. The van der Waals surface area contributed by atoms with E-state index in [1.165, 1.54) is 0 Å². The second-order valence-electron chi connectivity index (χ2n) is 5.28. The molecular formula is C15H22N4O. The van der Waals surface area contributed by atoms with Crippen LogP contribution in [0.4, 0.5) is 5.69 Å². The molecule has 1 heterocycles. The molecule has 0 saturated carbocycles. The SMILES string of the molecule is COCC(Nc1cccc(-c2n[nH]c(C)n2)c1)C(C)C. The van der Waals surface area contributed by atoms with Crippen molar-refractivity contribution in [2.24, 2.45) is 5.92 Å². The molecule has 1 aromatic heterocycles. The van der Waals surface area contributed by atoms with Gasteiger partial charge in [-0.15, -0.1) is 0 Å². The van der Waals surface area contributed by atoms with Crippen LogP contribution >= 0.6 is 0 Å². The zero-order chi connectivity index (χ0) is 14.5. The number of aromatic nitrogens is 3. The predicted molar refractivity (Wildman–Crippen MR) is 80.7 cm³/mol. The van der Waals surface area contributed by atoms with Crippen LogP contribution in [0.5, 0.6) is 0 Å². The van der Waals surface area contributed by atoms with Crippen LogP contribution in [0, 0.1) is 12.8 Å². The number of ether oxygens (including phenoxy) is 1. The molecular weight excluding hydrogens is 252 g/mol. The lowest BCUT2D eigenvalue weighted by Crippen LogP contribution is -2.30. The average Bonchev–Trinajstić information content (AvgIpc) is 2.85. The van der Waals surface area contributed by atoms with E-state index in [-0.39, 0.29) is 6.04 Å². The van der Waals surface area contributed by atoms with Crippen LogP contribution in [0.15, 0.2) is 24.3 Å². The van der Waals surface area contributed by atoms with Crippen molar-refractivity contribution >= 4 is 5.69 Å². The molecule has 0 spiro atoms.